The Morgan fingerprint density at radius 2 is 2.14 bits per heavy atom. The lowest BCUT2D eigenvalue weighted by molar-refractivity contribution is -0.139. The minimum atomic E-state index is -0.260. The van der Waals surface area contributed by atoms with E-state index in [2.05, 4.69) is 5.32 Å². The summed E-state index contributed by atoms with van der Waals surface area (Å²) in [5.74, 6) is -0.0970. The summed E-state index contributed by atoms with van der Waals surface area (Å²) >= 11 is 0. The van der Waals surface area contributed by atoms with Gasteiger partial charge in [0.2, 0.25) is 5.91 Å². The lowest BCUT2D eigenvalue weighted by atomic mass is 10.1. The van der Waals surface area contributed by atoms with Crippen molar-refractivity contribution in [1.29, 1.82) is 0 Å². The van der Waals surface area contributed by atoms with Crippen molar-refractivity contribution in [2.45, 2.75) is 18.9 Å². The molecule has 0 saturated carbocycles. The third kappa shape index (κ3) is 5.26. The minimum Gasteiger partial charge on any atom is -0.370 e. The first-order chi connectivity index (χ1) is 9.70. The summed E-state index contributed by atoms with van der Waals surface area (Å²) in [5, 5.41) is 3.03. The fourth-order valence-corrected chi connectivity index (χ4v) is 2.33. The first-order valence-corrected chi connectivity index (χ1v) is 7.00. The number of benzene rings is 1. The van der Waals surface area contributed by atoms with Gasteiger partial charge in [-0.3, -0.25) is 4.79 Å². The van der Waals surface area contributed by atoms with E-state index in [1.54, 1.807) is 12.1 Å². The molecule has 2 rings (SSSR count). The molecule has 1 aliphatic rings. The van der Waals surface area contributed by atoms with Gasteiger partial charge in [-0.25, -0.2) is 4.39 Å². The third-order valence-electron chi connectivity index (χ3n) is 3.48. The molecule has 6 heteroatoms. The van der Waals surface area contributed by atoms with Crippen molar-refractivity contribution < 1.29 is 13.9 Å². The maximum atomic E-state index is 12.9. The average Bonchev–Trinajstić information content (AvgIpc) is 2.48. The van der Waals surface area contributed by atoms with Crippen LogP contribution in [-0.4, -0.2) is 44.1 Å². The number of nitrogens with zero attached hydrogens (tertiary/aromatic N) is 1. The van der Waals surface area contributed by atoms with Gasteiger partial charge in [0.15, 0.2) is 0 Å². The summed E-state index contributed by atoms with van der Waals surface area (Å²) in [6, 6.07) is 6.28. The third-order valence-corrected chi connectivity index (χ3v) is 3.48. The molecule has 0 spiro atoms. The maximum absolute atomic E-state index is 12.9. The number of nitrogens with one attached hydrogen (secondary N) is 1. The van der Waals surface area contributed by atoms with Crippen LogP contribution in [0, 0.1) is 5.82 Å². The van der Waals surface area contributed by atoms with Crippen LogP contribution in [0.5, 0.6) is 0 Å². The Balaban J connectivity index is 0.00000220. The number of amides is 1. The normalized spacial score (nSPS) is 18.2. The molecule has 1 aromatic carbocycles. The lowest BCUT2D eigenvalue weighted by Gasteiger charge is -2.33. The Labute approximate surface area is 131 Å². The Morgan fingerprint density at radius 3 is 2.81 bits per heavy atom. The Morgan fingerprint density at radius 1 is 1.43 bits per heavy atom. The molecule has 0 aromatic heterocycles. The molecule has 4 nitrogen and oxygen atoms in total. The van der Waals surface area contributed by atoms with E-state index in [9.17, 15) is 9.18 Å². The highest BCUT2D eigenvalue weighted by Crippen LogP contribution is 2.22. The van der Waals surface area contributed by atoms with Gasteiger partial charge in [0.05, 0.1) is 13.2 Å². The van der Waals surface area contributed by atoms with E-state index in [4.69, 9.17) is 4.74 Å². The monoisotopic (exact) mass is 316 g/mol. The van der Waals surface area contributed by atoms with Crippen LogP contribution in [0.2, 0.25) is 0 Å². The average molecular weight is 317 g/mol. The topological polar surface area (TPSA) is 41.6 Å². The molecule has 118 valence electrons. The second kappa shape index (κ2) is 8.97. The molecule has 1 heterocycles. The molecule has 1 fully saturated rings. The molecule has 0 aliphatic carbocycles. The van der Waals surface area contributed by atoms with Gasteiger partial charge < -0.3 is 15.0 Å². The minimum absolute atomic E-state index is 0. The highest BCUT2D eigenvalue weighted by molar-refractivity contribution is 5.85. The van der Waals surface area contributed by atoms with Gasteiger partial charge in [-0.2, -0.15) is 0 Å². The highest BCUT2D eigenvalue weighted by atomic mass is 35.5. The number of hydrogen-bond donors (Lipinski definition) is 1. The van der Waals surface area contributed by atoms with Crippen LogP contribution in [0.1, 0.15) is 24.5 Å². The summed E-state index contributed by atoms with van der Waals surface area (Å²) < 4.78 is 18.6. The van der Waals surface area contributed by atoms with Crippen molar-refractivity contribution in [2.75, 3.05) is 33.3 Å². The zero-order chi connectivity index (χ0) is 14.4. The van der Waals surface area contributed by atoms with Crippen molar-refractivity contribution in [2.24, 2.45) is 0 Å². The number of carbonyl (C=O) groups is 1. The fourth-order valence-electron chi connectivity index (χ4n) is 2.33. The van der Waals surface area contributed by atoms with Crippen LogP contribution in [0.3, 0.4) is 0 Å². The van der Waals surface area contributed by atoms with Crippen molar-refractivity contribution >= 4 is 18.3 Å². The SMILES string of the molecule is CNCCCC(=O)N1CCOC(c2ccc(F)cc2)C1.Cl. The van der Waals surface area contributed by atoms with E-state index < -0.39 is 0 Å². The van der Waals surface area contributed by atoms with Crippen LogP contribution in [0.15, 0.2) is 24.3 Å². The zero-order valence-electron chi connectivity index (χ0n) is 12.2. The number of halogens is 2. The van der Waals surface area contributed by atoms with Gasteiger partial charge in [0, 0.05) is 13.0 Å². The molecular formula is C15H22ClFN2O2. The number of rotatable bonds is 5. The van der Waals surface area contributed by atoms with Crippen LogP contribution in [0.25, 0.3) is 0 Å². The van der Waals surface area contributed by atoms with Crippen molar-refractivity contribution in [1.82, 2.24) is 10.2 Å². The number of carbonyl (C=O) groups excluding carboxylic acids is 1. The largest absolute Gasteiger partial charge is 0.370 e. The molecule has 0 radical (unpaired) electrons. The van der Waals surface area contributed by atoms with Gasteiger partial charge in [-0.15, -0.1) is 12.4 Å². The van der Waals surface area contributed by atoms with Crippen LogP contribution in [-0.2, 0) is 9.53 Å². The second-order valence-electron chi connectivity index (χ2n) is 4.96. The Kier molecular flexibility index (Phi) is 7.64. The molecule has 1 N–H and O–H groups in total. The molecular weight excluding hydrogens is 295 g/mol. The summed E-state index contributed by atoms with van der Waals surface area (Å²) in [6.07, 6.45) is 1.24. The van der Waals surface area contributed by atoms with Crippen LogP contribution in [0.4, 0.5) is 4.39 Å². The van der Waals surface area contributed by atoms with Gasteiger partial charge in [0.1, 0.15) is 11.9 Å². The van der Waals surface area contributed by atoms with E-state index in [-0.39, 0.29) is 30.2 Å². The molecule has 21 heavy (non-hydrogen) atoms. The van der Waals surface area contributed by atoms with Gasteiger partial charge in [-0.1, -0.05) is 12.1 Å². The summed E-state index contributed by atoms with van der Waals surface area (Å²) in [4.78, 5) is 13.9. The maximum Gasteiger partial charge on any atom is 0.222 e. The standard InChI is InChI=1S/C15H21FN2O2.ClH/c1-17-8-2-3-15(19)18-9-10-20-14(11-18)12-4-6-13(16)7-5-12;/h4-7,14,17H,2-3,8-11H2,1H3;1H. The summed E-state index contributed by atoms with van der Waals surface area (Å²) in [6.45, 7) is 2.55. The lowest BCUT2D eigenvalue weighted by Crippen LogP contribution is -2.42. The van der Waals surface area contributed by atoms with E-state index >= 15 is 0 Å². The number of hydrogen-bond acceptors (Lipinski definition) is 3. The van der Waals surface area contributed by atoms with E-state index in [1.807, 2.05) is 11.9 Å². The number of morpholine rings is 1. The van der Waals surface area contributed by atoms with Crippen LogP contribution >= 0.6 is 12.4 Å². The highest BCUT2D eigenvalue weighted by Gasteiger charge is 2.24. The molecule has 1 aliphatic heterocycles. The first kappa shape index (κ1) is 17.9. The first-order valence-electron chi connectivity index (χ1n) is 7.00. The Hall–Kier alpha value is -1.17. The zero-order valence-corrected chi connectivity index (χ0v) is 13.0. The Bertz CT molecular complexity index is 442. The summed E-state index contributed by atoms with van der Waals surface area (Å²) in [7, 11) is 1.88. The predicted octanol–water partition coefficient (Wildman–Crippen LogP) is 2.15. The predicted molar refractivity (Wildman–Crippen MR) is 82.1 cm³/mol. The molecule has 1 aromatic rings. The molecule has 1 saturated heterocycles. The van der Waals surface area contributed by atoms with E-state index in [1.165, 1.54) is 12.1 Å². The van der Waals surface area contributed by atoms with Gasteiger partial charge in [-0.05, 0) is 37.7 Å². The van der Waals surface area contributed by atoms with E-state index in [0.29, 0.717) is 26.1 Å². The quantitative estimate of drug-likeness (QED) is 0.846. The van der Waals surface area contributed by atoms with Crippen molar-refractivity contribution in [3.8, 4) is 0 Å². The van der Waals surface area contributed by atoms with Gasteiger partial charge >= 0.3 is 0 Å². The fraction of sp³-hybridized carbons (Fsp3) is 0.533. The summed E-state index contributed by atoms with van der Waals surface area (Å²) in [5.41, 5.74) is 0.916. The van der Waals surface area contributed by atoms with Crippen molar-refractivity contribution in [3.63, 3.8) is 0 Å². The van der Waals surface area contributed by atoms with Gasteiger partial charge in [0.25, 0.3) is 0 Å². The molecule has 0 bridgehead atoms. The van der Waals surface area contributed by atoms with Crippen LogP contribution < -0.4 is 5.32 Å². The molecule has 1 amide bonds. The van der Waals surface area contributed by atoms with E-state index in [0.717, 1.165) is 18.5 Å². The van der Waals surface area contributed by atoms with Crippen molar-refractivity contribution in [3.05, 3.63) is 35.6 Å². The molecule has 1 atom stereocenters. The molecule has 1 unspecified atom stereocenters. The second-order valence-corrected chi connectivity index (χ2v) is 4.96. The number of ether oxygens (including phenoxy) is 1. The smallest absolute Gasteiger partial charge is 0.222 e.